The largest absolute Gasteiger partial charge is 0.355 e. The van der Waals surface area contributed by atoms with Gasteiger partial charge in [-0.2, -0.15) is 0 Å². The van der Waals surface area contributed by atoms with Crippen LogP contribution in [0.5, 0.6) is 0 Å². The van der Waals surface area contributed by atoms with Crippen molar-refractivity contribution < 1.29 is 9.59 Å². The average molecular weight is 233 g/mol. The lowest BCUT2D eigenvalue weighted by Crippen LogP contribution is -2.27. The van der Waals surface area contributed by atoms with Crippen LogP contribution in [0.15, 0.2) is 18.2 Å². The maximum atomic E-state index is 11.2. The molecule has 0 spiro atoms. The Morgan fingerprint density at radius 2 is 1.88 bits per heavy atom. The summed E-state index contributed by atoms with van der Waals surface area (Å²) in [5.41, 5.74) is 3.74. The van der Waals surface area contributed by atoms with Crippen molar-refractivity contribution in [3.05, 3.63) is 34.9 Å². The number of hydrogen-bond donors (Lipinski definition) is 1. The van der Waals surface area contributed by atoms with Crippen molar-refractivity contribution in [2.45, 2.75) is 33.6 Å². The quantitative estimate of drug-likeness (QED) is 0.790. The minimum absolute atomic E-state index is 0.0209. The number of Topliss-reactive ketones (excluding diaryl/α,β-unsaturated/α-hetero) is 1. The SMILES string of the molecule is CC(=O)CC(=O)NCCc1ccc(C)c(C)c1. The molecule has 1 amide bonds. The fraction of sp³-hybridized carbons (Fsp3) is 0.429. The highest BCUT2D eigenvalue weighted by Crippen LogP contribution is 2.09. The minimum Gasteiger partial charge on any atom is -0.355 e. The number of benzene rings is 1. The van der Waals surface area contributed by atoms with Crippen molar-refractivity contribution in [1.82, 2.24) is 5.32 Å². The second kappa shape index (κ2) is 6.18. The molecule has 0 radical (unpaired) electrons. The molecular weight excluding hydrogens is 214 g/mol. The number of amides is 1. The van der Waals surface area contributed by atoms with Gasteiger partial charge in [0.1, 0.15) is 5.78 Å². The molecule has 0 aromatic heterocycles. The van der Waals surface area contributed by atoms with Crippen molar-refractivity contribution in [3.8, 4) is 0 Å². The molecule has 3 heteroatoms. The molecule has 1 N–H and O–H groups in total. The summed E-state index contributed by atoms with van der Waals surface area (Å²) in [6.45, 7) is 6.15. The first-order valence-electron chi connectivity index (χ1n) is 5.81. The number of carbonyl (C=O) groups excluding carboxylic acids is 2. The van der Waals surface area contributed by atoms with Crippen molar-refractivity contribution in [1.29, 1.82) is 0 Å². The van der Waals surface area contributed by atoms with Gasteiger partial charge in [-0.25, -0.2) is 0 Å². The molecule has 0 atom stereocenters. The van der Waals surface area contributed by atoms with E-state index in [1.54, 1.807) is 0 Å². The van der Waals surface area contributed by atoms with E-state index in [9.17, 15) is 9.59 Å². The third kappa shape index (κ3) is 4.81. The molecule has 0 aliphatic carbocycles. The maximum absolute atomic E-state index is 11.2. The molecule has 0 saturated heterocycles. The van der Waals surface area contributed by atoms with Crippen molar-refractivity contribution in [3.63, 3.8) is 0 Å². The summed E-state index contributed by atoms with van der Waals surface area (Å²) >= 11 is 0. The molecule has 0 heterocycles. The highest BCUT2D eigenvalue weighted by molar-refractivity contribution is 5.96. The van der Waals surface area contributed by atoms with Crippen LogP contribution in [0.25, 0.3) is 0 Å². The van der Waals surface area contributed by atoms with E-state index < -0.39 is 0 Å². The molecule has 0 unspecified atom stereocenters. The van der Waals surface area contributed by atoms with E-state index in [0.717, 1.165) is 6.42 Å². The minimum atomic E-state index is -0.193. The maximum Gasteiger partial charge on any atom is 0.227 e. The highest BCUT2D eigenvalue weighted by atomic mass is 16.2. The van der Waals surface area contributed by atoms with E-state index in [1.807, 2.05) is 0 Å². The zero-order chi connectivity index (χ0) is 12.8. The van der Waals surface area contributed by atoms with Crippen LogP contribution in [0.1, 0.15) is 30.0 Å². The molecule has 92 valence electrons. The lowest BCUT2D eigenvalue weighted by atomic mass is 10.0. The standard InChI is InChI=1S/C14H19NO2/c1-10-4-5-13(8-11(10)2)6-7-15-14(17)9-12(3)16/h4-5,8H,6-7,9H2,1-3H3,(H,15,17). The predicted molar refractivity (Wildman–Crippen MR) is 67.9 cm³/mol. The normalized spacial score (nSPS) is 10.1. The number of ketones is 1. The Labute approximate surface area is 102 Å². The summed E-state index contributed by atoms with van der Waals surface area (Å²) < 4.78 is 0. The van der Waals surface area contributed by atoms with E-state index >= 15 is 0 Å². The Balaban J connectivity index is 2.38. The van der Waals surface area contributed by atoms with Gasteiger partial charge in [0.25, 0.3) is 0 Å². The Morgan fingerprint density at radius 3 is 2.47 bits per heavy atom. The van der Waals surface area contributed by atoms with Crippen LogP contribution >= 0.6 is 0 Å². The van der Waals surface area contributed by atoms with E-state index in [-0.39, 0.29) is 18.1 Å². The van der Waals surface area contributed by atoms with Gasteiger partial charge in [0.2, 0.25) is 5.91 Å². The third-order valence-corrected chi connectivity index (χ3v) is 2.72. The zero-order valence-corrected chi connectivity index (χ0v) is 10.7. The molecule has 0 aliphatic rings. The van der Waals surface area contributed by atoms with Gasteiger partial charge in [0.05, 0.1) is 6.42 Å². The Kier molecular flexibility index (Phi) is 4.88. The van der Waals surface area contributed by atoms with Gasteiger partial charge in [0, 0.05) is 6.54 Å². The fourth-order valence-electron chi connectivity index (χ4n) is 1.59. The summed E-state index contributed by atoms with van der Waals surface area (Å²) in [7, 11) is 0. The van der Waals surface area contributed by atoms with Crippen molar-refractivity contribution in [2.24, 2.45) is 0 Å². The molecular formula is C14H19NO2. The van der Waals surface area contributed by atoms with Crippen LogP contribution < -0.4 is 5.32 Å². The molecule has 0 aliphatic heterocycles. The van der Waals surface area contributed by atoms with Crippen LogP contribution in [0, 0.1) is 13.8 Å². The van der Waals surface area contributed by atoms with E-state index in [2.05, 4.69) is 37.4 Å². The first kappa shape index (κ1) is 13.4. The van der Waals surface area contributed by atoms with Crippen LogP contribution in [0.4, 0.5) is 0 Å². The zero-order valence-electron chi connectivity index (χ0n) is 10.7. The second-order valence-electron chi connectivity index (χ2n) is 4.40. The van der Waals surface area contributed by atoms with E-state index in [1.165, 1.54) is 23.6 Å². The van der Waals surface area contributed by atoms with Gasteiger partial charge >= 0.3 is 0 Å². The summed E-state index contributed by atoms with van der Waals surface area (Å²) in [5.74, 6) is -0.296. The fourth-order valence-corrected chi connectivity index (χ4v) is 1.59. The number of carbonyl (C=O) groups is 2. The monoisotopic (exact) mass is 233 g/mol. The summed E-state index contributed by atoms with van der Waals surface area (Å²) in [6.07, 6.45) is 0.775. The number of aryl methyl sites for hydroxylation is 2. The van der Waals surface area contributed by atoms with Gasteiger partial charge in [0.15, 0.2) is 0 Å². The number of nitrogens with one attached hydrogen (secondary N) is 1. The number of hydrogen-bond acceptors (Lipinski definition) is 2. The van der Waals surface area contributed by atoms with Crippen molar-refractivity contribution in [2.75, 3.05) is 6.54 Å². The van der Waals surface area contributed by atoms with Gasteiger partial charge in [-0.1, -0.05) is 18.2 Å². The van der Waals surface area contributed by atoms with E-state index in [4.69, 9.17) is 0 Å². The van der Waals surface area contributed by atoms with Crippen molar-refractivity contribution >= 4 is 11.7 Å². The molecule has 0 bridgehead atoms. The van der Waals surface area contributed by atoms with Gasteiger partial charge < -0.3 is 5.32 Å². The average Bonchev–Trinajstić information content (AvgIpc) is 2.22. The van der Waals surface area contributed by atoms with Crippen LogP contribution in [-0.4, -0.2) is 18.2 Å². The van der Waals surface area contributed by atoms with Crippen LogP contribution in [-0.2, 0) is 16.0 Å². The Hall–Kier alpha value is -1.64. The predicted octanol–water partition coefficient (Wildman–Crippen LogP) is 1.94. The van der Waals surface area contributed by atoms with Gasteiger partial charge in [-0.3, -0.25) is 9.59 Å². The molecule has 1 aromatic carbocycles. The highest BCUT2D eigenvalue weighted by Gasteiger charge is 2.04. The molecule has 1 rings (SSSR count). The van der Waals surface area contributed by atoms with Gasteiger partial charge in [-0.15, -0.1) is 0 Å². The molecule has 1 aromatic rings. The lowest BCUT2D eigenvalue weighted by Gasteiger charge is -2.06. The summed E-state index contributed by atoms with van der Waals surface area (Å²) in [6, 6.07) is 6.29. The Bertz CT molecular complexity index is 424. The molecule has 3 nitrogen and oxygen atoms in total. The second-order valence-corrected chi connectivity index (χ2v) is 4.40. The topological polar surface area (TPSA) is 46.2 Å². The molecule has 0 fully saturated rings. The number of rotatable bonds is 5. The van der Waals surface area contributed by atoms with Gasteiger partial charge in [-0.05, 0) is 43.9 Å². The molecule has 0 saturated carbocycles. The smallest absolute Gasteiger partial charge is 0.227 e. The van der Waals surface area contributed by atoms with Crippen LogP contribution in [0.2, 0.25) is 0 Å². The third-order valence-electron chi connectivity index (χ3n) is 2.72. The lowest BCUT2D eigenvalue weighted by molar-refractivity contribution is -0.127. The summed E-state index contributed by atoms with van der Waals surface area (Å²) in [4.78, 5) is 21.9. The molecule has 17 heavy (non-hydrogen) atoms. The van der Waals surface area contributed by atoms with Crippen LogP contribution in [0.3, 0.4) is 0 Å². The van der Waals surface area contributed by atoms with E-state index in [0.29, 0.717) is 6.54 Å². The summed E-state index contributed by atoms with van der Waals surface area (Å²) in [5, 5.41) is 2.74. The Morgan fingerprint density at radius 1 is 1.18 bits per heavy atom. The first-order chi connectivity index (χ1) is 7.99. The first-order valence-corrected chi connectivity index (χ1v) is 5.81.